The van der Waals surface area contributed by atoms with Gasteiger partial charge in [0.15, 0.2) is 0 Å². The molecule has 0 amide bonds. The zero-order chi connectivity index (χ0) is 13.1. The highest BCUT2D eigenvalue weighted by Gasteiger charge is 2.10. The number of aromatic carboxylic acids is 1. The molecule has 0 aliphatic rings. The number of carboxylic acids is 1. The van der Waals surface area contributed by atoms with E-state index in [0.29, 0.717) is 12.4 Å². The summed E-state index contributed by atoms with van der Waals surface area (Å²) in [5.41, 5.74) is 0.977. The number of thiazole rings is 1. The van der Waals surface area contributed by atoms with E-state index < -0.39 is 5.97 Å². The molecule has 1 heterocycles. The number of nitrogens with zero attached hydrogens (tertiary/aromatic N) is 1. The fourth-order valence-electron chi connectivity index (χ4n) is 1.37. The van der Waals surface area contributed by atoms with E-state index in [1.54, 1.807) is 6.07 Å². The van der Waals surface area contributed by atoms with Gasteiger partial charge in [-0.15, -0.1) is 11.3 Å². The molecule has 0 unspecified atom stereocenters. The Kier molecular flexibility index (Phi) is 3.84. The Labute approximate surface area is 113 Å². The molecule has 0 aliphatic carbocycles. The van der Waals surface area contributed by atoms with Gasteiger partial charge in [0.25, 0.3) is 0 Å². The van der Waals surface area contributed by atoms with Gasteiger partial charge in [-0.25, -0.2) is 9.78 Å². The lowest BCUT2D eigenvalue weighted by molar-refractivity contribution is 0.0696. The number of carbonyl (C=O) groups is 1. The third-order valence-corrected chi connectivity index (χ3v) is 3.47. The van der Waals surface area contributed by atoms with Crippen LogP contribution in [0.15, 0.2) is 23.6 Å². The number of aryl methyl sites for hydroxylation is 1. The number of ether oxygens (including phenoxy) is 1. The van der Waals surface area contributed by atoms with Gasteiger partial charge in [-0.1, -0.05) is 11.6 Å². The van der Waals surface area contributed by atoms with Crippen molar-refractivity contribution in [1.82, 2.24) is 4.98 Å². The quantitative estimate of drug-likeness (QED) is 0.934. The maximum Gasteiger partial charge on any atom is 0.337 e. The van der Waals surface area contributed by atoms with E-state index in [1.165, 1.54) is 23.5 Å². The minimum absolute atomic E-state index is 0.0319. The molecule has 0 aliphatic heterocycles. The number of carboxylic acid groups (broad SMARTS) is 1. The van der Waals surface area contributed by atoms with Crippen molar-refractivity contribution in [1.29, 1.82) is 0 Å². The highest BCUT2D eigenvalue weighted by atomic mass is 35.5. The second-order valence-corrected chi connectivity index (χ2v) is 4.97. The topological polar surface area (TPSA) is 59.4 Å². The second kappa shape index (κ2) is 5.37. The highest BCUT2D eigenvalue weighted by Crippen LogP contribution is 2.23. The SMILES string of the molecule is Cc1csc(COc2ccc(Cl)c(C(=O)O)c2)n1. The molecule has 1 aromatic heterocycles. The first-order valence-electron chi connectivity index (χ1n) is 5.13. The van der Waals surface area contributed by atoms with E-state index in [-0.39, 0.29) is 10.6 Å². The molecule has 18 heavy (non-hydrogen) atoms. The summed E-state index contributed by atoms with van der Waals surface area (Å²) in [6, 6.07) is 4.55. The van der Waals surface area contributed by atoms with E-state index in [9.17, 15) is 4.79 Å². The van der Waals surface area contributed by atoms with Gasteiger partial charge in [-0.3, -0.25) is 0 Å². The lowest BCUT2D eigenvalue weighted by atomic mass is 10.2. The summed E-state index contributed by atoms with van der Waals surface area (Å²) in [5.74, 6) is -0.611. The van der Waals surface area contributed by atoms with Crippen LogP contribution >= 0.6 is 22.9 Å². The number of halogens is 1. The molecule has 0 fully saturated rings. The smallest absolute Gasteiger partial charge is 0.337 e. The van der Waals surface area contributed by atoms with E-state index in [4.69, 9.17) is 21.4 Å². The Morgan fingerprint density at radius 2 is 2.33 bits per heavy atom. The van der Waals surface area contributed by atoms with Gasteiger partial charge < -0.3 is 9.84 Å². The predicted octanol–water partition coefficient (Wildman–Crippen LogP) is 3.38. The van der Waals surface area contributed by atoms with Gasteiger partial charge >= 0.3 is 5.97 Å². The molecule has 4 nitrogen and oxygen atoms in total. The van der Waals surface area contributed by atoms with E-state index in [2.05, 4.69) is 4.98 Å². The van der Waals surface area contributed by atoms with Crippen LogP contribution < -0.4 is 4.74 Å². The molecular formula is C12H10ClNO3S. The predicted molar refractivity (Wildman–Crippen MR) is 69.6 cm³/mol. The summed E-state index contributed by atoms with van der Waals surface area (Å²) in [4.78, 5) is 15.2. The first-order chi connectivity index (χ1) is 8.56. The fourth-order valence-corrected chi connectivity index (χ4v) is 2.25. The zero-order valence-corrected chi connectivity index (χ0v) is 11.1. The highest BCUT2D eigenvalue weighted by molar-refractivity contribution is 7.09. The monoisotopic (exact) mass is 283 g/mol. The summed E-state index contributed by atoms with van der Waals surface area (Å²) in [6.07, 6.45) is 0. The standard InChI is InChI=1S/C12H10ClNO3S/c1-7-6-18-11(14-7)5-17-8-2-3-10(13)9(4-8)12(15)16/h2-4,6H,5H2,1H3,(H,15,16). The Bertz CT molecular complexity index is 582. The summed E-state index contributed by atoms with van der Waals surface area (Å²) in [5, 5.41) is 11.9. The number of aromatic nitrogens is 1. The van der Waals surface area contributed by atoms with Gasteiger partial charge in [0.1, 0.15) is 17.4 Å². The van der Waals surface area contributed by atoms with E-state index in [0.717, 1.165) is 10.7 Å². The summed E-state index contributed by atoms with van der Waals surface area (Å²) < 4.78 is 5.48. The second-order valence-electron chi connectivity index (χ2n) is 3.62. The van der Waals surface area contributed by atoms with Crippen LogP contribution in [0.4, 0.5) is 0 Å². The molecule has 0 radical (unpaired) electrons. The maximum atomic E-state index is 10.9. The minimum atomic E-state index is -1.07. The average molecular weight is 284 g/mol. The van der Waals surface area contributed by atoms with E-state index in [1.807, 2.05) is 12.3 Å². The Morgan fingerprint density at radius 1 is 1.56 bits per heavy atom. The number of rotatable bonds is 4. The minimum Gasteiger partial charge on any atom is -0.486 e. The van der Waals surface area contributed by atoms with Crippen LogP contribution in [0.5, 0.6) is 5.75 Å². The normalized spacial score (nSPS) is 10.3. The van der Waals surface area contributed by atoms with Crippen LogP contribution in [0.2, 0.25) is 5.02 Å². The van der Waals surface area contributed by atoms with Crippen molar-refractivity contribution in [2.45, 2.75) is 13.5 Å². The molecule has 2 aromatic rings. The Balaban J connectivity index is 2.10. The molecule has 2 rings (SSSR count). The molecule has 1 N–H and O–H groups in total. The van der Waals surface area contributed by atoms with Gasteiger partial charge in [0.2, 0.25) is 0 Å². The van der Waals surface area contributed by atoms with Crippen LogP contribution in [0.3, 0.4) is 0 Å². The van der Waals surface area contributed by atoms with Crippen molar-refractivity contribution >= 4 is 28.9 Å². The number of benzene rings is 1. The molecular weight excluding hydrogens is 274 g/mol. The lowest BCUT2D eigenvalue weighted by Gasteiger charge is -2.06. The molecule has 6 heteroatoms. The van der Waals surface area contributed by atoms with E-state index >= 15 is 0 Å². The van der Waals surface area contributed by atoms with Crippen molar-refractivity contribution in [2.75, 3.05) is 0 Å². The van der Waals surface area contributed by atoms with Gasteiger partial charge in [0.05, 0.1) is 10.6 Å². The van der Waals surface area contributed by atoms with Gasteiger partial charge in [-0.2, -0.15) is 0 Å². The van der Waals surface area contributed by atoms with Crippen LogP contribution in [0, 0.1) is 6.92 Å². The maximum absolute atomic E-state index is 10.9. The lowest BCUT2D eigenvalue weighted by Crippen LogP contribution is -2.00. The van der Waals surface area contributed by atoms with Crippen molar-refractivity contribution in [2.24, 2.45) is 0 Å². The molecule has 0 saturated heterocycles. The molecule has 0 saturated carbocycles. The van der Waals surface area contributed by atoms with Crippen LogP contribution in [-0.2, 0) is 6.61 Å². The Hall–Kier alpha value is -1.59. The van der Waals surface area contributed by atoms with Crippen LogP contribution in [-0.4, -0.2) is 16.1 Å². The summed E-state index contributed by atoms with van der Waals surface area (Å²) in [7, 11) is 0. The fraction of sp³-hybridized carbons (Fsp3) is 0.167. The van der Waals surface area contributed by atoms with Gasteiger partial charge in [-0.05, 0) is 25.1 Å². The van der Waals surface area contributed by atoms with Crippen molar-refractivity contribution < 1.29 is 14.6 Å². The first kappa shape index (κ1) is 12.9. The largest absolute Gasteiger partial charge is 0.486 e. The number of hydrogen-bond acceptors (Lipinski definition) is 4. The zero-order valence-electron chi connectivity index (χ0n) is 9.51. The molecule has 0 atom stereocenters. The average Bonchev–Trinajstić information content (AvgIpc) is 2.74. The van der Waals surface area contributed by atoms with Crippen molar-refractivity contribution in [3.8, 4) is 5.75 Å². The summed E-state index contributed by atoms with van der Waals surface area (Å²) in [6.45, 7) is 2.23. The van der Waals surface area contributed by atoms with Crippen molar-refractivity contribution in [3.05, 3.63) is 44.9 Å². The van der Waals surface area contributed by atoms with Crippen LogP contribution in [0.1, 0.15) is 21.1 Å². The third-order valence-electron chi connectivity index (χ3n) is 2.20. The van der Waals surface area contributed by atoms with Crippen molar-refractivity contribution in [3.63, 3.8) is 0 Å². The summed E-state index contributed by atoms with van der Waals surface area (Å²) >= 11 is 7.27. The van der Waals surface area contributed by atoms with Gasteiger partial charge in [0, 0.05) is 11.1 Å². The molecule has 0 bridgehead atoms. The molecule has 94 valence electrons. The Morgan fingerprint density at radius 3 is 2.94 bits per heavy atom. The third kappa shape index (κ3) is 3.00. The molecule has 1 aromatic carbocycles. The first-order valence-corrected chi connectivity index (χ1v) is 6.38. The molecule has 0 spiro atoms. The van der Waals surface area contributed by atoms with Crippen LogP contribution in [0.25, 0.3) is 0 Å². The number of hydrogen-bond donors (Lipinski definition) is 1.